The number of benzene rings is 1. The van der Waals surface area contributed by atoms with E-state index in [0.717, 1.165) is 18.2 Å². The summed E-state index contributed by atoms with van der Waals surface area (Å²) < 4.78 is 5.51. The van der Waals surface area contributed by atoms with Crippen molar-refractivity contribution in [3.05, 3.63) is 40.2 Å². The Kier molecular flexibility index (Phi) is 6.27. The van der Waals surface area contributed by atoms with Crippen LogP contribution in [0.5, 0.6) is 5.75 Å². The van der Waals surface area contributed by atoms with Gasteiger partial charge in [-0.15, -0.1) is 5.10 Å². The number of ether oxygens (including phenoxy) is 1. The molecule has 0 bridgehead atoms. The SMILES string of the molecule is O=[N+]([O-])c1ccccc1OCCSc1n[nH]c(CCC2CCCC2)n1. The highest BCUT2D eigenvalue weighted by Gasteiger charge is 2.16. The average molecular weight is 362 g/mol. The number of aromatic nitrogens is 3. The van der Waals surface area contributed by atoms with Crippen LogP contribution in [0.25, 0.3) is 0 Å². The van der Waals surface area contributed by atoms with Gasteiger partial charge in [0, 0.05) is 18.2 Å². The third kappa shape index (κ3) is 5.19. The Hall–Kier alpha value is -2.09. The average Bonchev–Trinajstić information content (AvgIpc) is 3.29. The van der Waals surface area contributed by atoms with E-state index in [1.54, 1.807) is 18.2 Å². The van der Waals surface area contributed by atoms with Crippen LogP contribution in [0.2, 0.25) is 0 Å². The summed E-state index contributed by atoms with van der Waals surface area (Å²) >= 11 is 1.48. The van der Waals surface area contributed by atoms with Gasteiger partial charge in [-0.1, -0.05) is 49.6 Å². The van der Waals surface area contributed by atoms with Gasteiger partial charge in [0.25, 0.3) is 0 Å². The van der Waals surface area contributed by atoms with Crippen molar-refractivity contribution in [1.29, 1.82) is 0 Å². The van der Waals surface area contributed by atoms with E-state index in [1.807, 2.05) is 0 Å². The Labute approximate surface area is 150 Å². The molecule has 1 aliphatic rings. The van der Waals surface area contributed by atoms with Gasteiger partial charge >= 0.3 is 5.69 Å². The van der Waals surface area contributed by atoms with Gasteiger partial charge in [0.1, 0.15) is 5.82 Å². The van der Waals surface area contributed by atoms with E-state index >= 15 is 0 Å². The lowest BCUT2D eigenvalue weighted by atomic mass is 10.0. The summed E-state index contributed by atoms with van der Waals surface area (Å²) in [6, 6.07) is 6.40. The Bertz CT molecular complexity index is 701. The van der Waals surface area contributed by atoms with Crippen LogP contribution >= 0.6 is 11.8 Å². The van der Waals surface area contributed by atoms with Crippen molar-refractivity contribution >= 4 is 17.4 Å². The van der Waals surface area contributed by atoms with Gasteiger partial charge in [-0.2, -0.15) is 0 Å². The molecule has 25 heavy (non-hydrogen) atoms. The molecule has 1 aromatic carbocycles. The Balaban J connectivity index is 1.40. The molecule has 8 heteroatoms. The van der Waals surface area contributed by atoms with Crippen LogP contribution in [0.3, 0.4) is 0 Å². The smallest absolute Gasteiger partial charge is 0.310 e. The van der Waals surface area contributed by atoms with Gasteiger partial charge in [0.15, 0.2) is 5.75 Å². The van der Waals surface area contributed by atoms with Crippen LogP contribution in [-0.4, -0.2) is 32.5 Å². The summed E-state index contributed by atoms with van der Waals surface area (Å²) in [6.07, 6.45) is 7.55. The van der Waals surface area contributed by atoms with Crippen molar-refractivity contribution in [2.24, 2.45) is 5.92 Å². The molecule has 0 saturated heterocycles. The zero-order valence-corrected chi connectivity index (χ0v) is 14.8. The van der Waals surface area contributed by atoms with Crippen LogP contribution in [-0.2, 0) is 6.42 Å². The van der Waals surface area contributed by atoms with Crippen molar-refractivity contribution in [3.8, 4) is 5.75 Å². The lowest BCUT2D eigenvalue weighted by molar-refractivity contribution is -0.385. The summed E-state index contributed by atoms with van der Waals surface area (Å²) in [5, 5.41) is 18.8. The minimum absolute atomic E-state index is 0.0143. The Morgan fingerprint density at radius 2 is 2.12 bits per heavy atom. The topological polar surface area (TPSA) is 93.9 Å². The molecular formula is C17H22N4O3S. The molecule has 0 spiro atoms. The molecule has 3 rings (SSSR count). The van der Waals surface area contributed by atoms with Crippen LogP contribution in [0.1, 0.15) is 37.9 Å². The second kappa shape index (κ2) is 8.84. The number of nitro benzene ring substituents is 1. The fourth-order valence-electron chi connectivity index (χ4n) is 3.11. The van der Waals surface area contributed by atoms with Gasteiger partial charge in [-0.05, 0) is 18.4 Å². The monoisotopic (exact) mass is 362 g/mol. The summed E-state index contributed by atoms with van der Waals surface area (Å²) in [5.74, 6) is 2.71. The number of nitro groups is 1. The lowest BCUT2D eigenvalue weighted by Crippen LogP contribution is -2.02. The van der Waals surface area contributed by atoms with E-state index in [-0.39, 0.29) is 5.69 Å². The van der Waals surface area contributed by atoms with E-state index in [1.165, 1.54) is 49.9 Å². The minimum Gasteiger partial charge on any atom is -0.486 e. The predicted molar refractivity (Wildman–Crippen MR) is 96.0 cm³/mol. The predicted octanol–water partition coefficient (Wildman–Crippen LogP) is 4.01. The molecule has 7 nitrogen and oxygen atoms in total. The number of para-hydroxylation sites is 2. The third-order valence-corrected chi connectivity index (χ3v) is 5.22. The first kappa shape index (κ1) is 17.7. The Morgan fingerprint density at radius 3 is 2.92 bits per heavy atom. The quantitative estimate of drug-likeness (QED) is 0.313. The van der Waals surface area contributed by atoms with Crippen LogP contribution in [0, 0.1) is 16.0 Å². The first-order chi connectivity index (χ1) is 12.2. The largest absolute Gasteiger partial charge is 0.486 e. The van der Waals surface area contributed by atoms with E-state index in [4.69, 9.17) is 4.74 Å². The summed E-state index contributed by atoms with van der Waals surface area (Å²) in [5.41, 5.74) is -0.0143. The molecule has 0 unspecified atom stereocenters. The molecule has 0 radical (unpaired) electrons. The van der Waals surface area contributed by atoms with Crippen molar-refractivity contribution in [2.45, 2.75) is 43.7 Å². The second-order valence-corrected chi connectivity index (χ2v) is 7.24. The first-order valence-corrected chi connectivity index (χ1v) is 9.61. The molecule has 134 valence electrons. The van der Waals surface area contributed by atoms with Crippen molar-refractivity contribution in [1.82, 2.24) is 15.2 Å². The highest BCUT2D eigenvalue weighted by Crippen LogP contribution is 2.28. The van der Waals surface area contributed by atoms with E-state index < -0.39 is 4.92 Å². The first-order valence-electron chi connectivity index (χ1n) is 8.62. The minimum atomic E-state index is -0.436. The van der Waals surface area contributed by atoms with Crippen molar-refractivity contribution in [3.63, 3.8) is 0 Å². The zero-order valence-electron chi connectivity index (χ0n) is 14.0. The maximum absolute atomic E-state index is 10.9. The maximum Gasteiger partial charge on any atom is 0.310 e. The number of nitrogens with one attached hydrogen (secondary N) is 1. The standard InChI is InChI=1S/C17H22N4O3S/c22-21(23)14-7-3-4-8-15(14)24-11-12-25-17-18-16(19-20-17)10-9-13-5-1-2-6-13/h3-4,7-8,13H,1-2,5-6,9-12H2,(H,18,19,20). The molecule has 0 atom stereocenters. The van der Waals surface area contributed by atoms with Crippen LogP contribution in [0.4, 0.5) is 5.69 Å². The Morgan fingerprint density at radius 1 is 1.32 bits per heavy atom. The van der Waals surface area contributed by atoms with Gasteiger partial charge in [-0.3, -0.25) is 15.2 Å². The molecule has 2 aromatic rings. The lowest BCUT2D eigenvalue weighted by Gasteiger charge is -2.05. The fourth-order valence-corrected chi connectivity index (χ4v) is 3.74. The highest BCUT2D eigenvalue weighted by atomic mass is 32.2. The number of rotatable bonds is 9. The summed E-state index contributed by atoms with van der Waals surface area (Å²) in [4.78, 5) is 15.0. The second-order valence-electron chi connectivity index (χ2n) is 6.18. The molecular weight excluding hydrogens is 340 g/mol. The molecule has 0 aliphatic heterocycles. The molecule has 1 saturated carbocycles. The van der Waals surface area contributed by atoms with Crippen molar-refractivity contribution < 1.29 is 9.66 Å². The molecule has 1 aliphatic carbocycles. The number of hydrogen-bond donors (Lipinski definition) is 1. The van der Waals surface area contributed by atoms with Crippen LogP contribution in [0.15, 0.2) is 29.4 Å². The van der Waals surface area contributed by atoms with Crippen LogP contribution < -0.4 is 4.74 Å². The highest BCUT2D eigenvalue weighted by molar-refractivity contribution is 7.99. The van der Waals surface area contributed by atoms with E-state index in [9.17, 15) is 10.1 Å². The summed E-state index contributed by atoms with van der Waals surface area (Å²) in [6.45, 7) is 0.363. The fraction of sp³-hybridized carbons (Fsp3) is 0.529. The molecule has 0 amide bonds. The van der Waals surface area contributed by atoms with Gasteiger partial charge in [-0.25, -0.2) is 4.98 Å². The number of H-pyrrole nitrogens is 1. The van der Waals surface area contributed by atoms with Gasteiger partial charge in [0.05, 0.1) is 11.5 Å². The van der Waals surface area contributed by atoms with Gasteiger partial charge < -0.3 is 4.74 Å². The number of aryl methyl sites for hydroxylation is 1. The number of nitrogens with zero attached hydrogens (tertiary/aromatic N) is 3. The number of aromatic amines is 1. The molecule has 1 fully saturated rings. The third-order valence-electron chi connectivity index (χ3n) is 4.41. The summed E-state index contributed by atoms with van der Waals surface area (Å²) in [7, 11) is 0. The number of hydrogen-bond acceptors (Lipinski definition) is 6. The van der Waals surface area contributed by atoms with E-state index in [2.05, 4.69) is 15.2 Å². The van der Waals surface area contributed by atoms with Crippen molar-refractivity contribution in [2.75, 3.05) is 12.4 Å². The number of thioether (sulfide) groups is 1. The normalized spacial score (nSPS) is 14.7. The maximum atomic E-state index is 10.9. The zero-order chi connectivity index (χ0) is 17.5. The molecule has 1 heterocycles. The van der Waals surface area contributed by atoms with Gasteiger partial charge in [0.2, 0.25) is 5.16 Å². The molecule has 1 aromatic heterocycles. The molecule has 1 N–H and O–H groups in total. The van der Waals surface area contributed by atoms with E-state index in [0.29, 0.717) is 23.3 Å².